The van der Waals surface area contributed by atoms with E-state index in [0.717, 1.165) is 5.56 Å². The van der Waals surface area contributed by atoms with Crippen molar-refractivity contribution in [2.45, 2.75) is 12.5 Å². The Morgan fingerprint density at radius 2 is 2.05 bits per heavy atom. The minimum Gasteiger partial charge on any atom is -0.496 e. The molecule has 106 valence electrons. The Kier molecular flexibility index (Phi) is 5.02. The van der Waals surface area contributed by atoms with E-state index in [0.29, 0.717) is 27.2 Å². The van der Waals surface area contributed by atoms with Crippen LogP contribution in [0.1, 0.15) is 17.2 Å². The molecule has 0 bridgehead atoms. The van der Waals surface area contributed by atoms with Crippen LogP contribution in [0.2, 0.25) is 5.02 Å². The molecule has 0 aromatic heterocycles. The quantitative estimate of drug-likeness (QED) is 0.869. The maximum absolute atomic E-state index is 13.5. The number of methoxy groups -OCH3 is 1. The van der Waals surface area contributed by atoms with Crippen molar-refractivity contribution in [1.29, 1.82) is 0 Å². The highest BCUT2D eigenvalue weighted by Crippen LogP contribution is 2.29. The van der Waals surface area contributed by atoms with Crippen LogP contribution >= 0.6 is 27.5 Å². The Bertz CT molecular complexity index is 619. The summed E-state index contributed by atoms with van der Waals surface area (Å²) in [6, 6.07) is 9.75. The fraction of sp³-hybridized carbons (Fsp3) is 0.200. The molecule has 2 aromatic carbocycles. The number of hydrogen-bond acceptors (Lipinski definition) is 2. The fourth-order valence-electron chi connectivity index (χ4n) is 1.95. The van der Waals surface area contributed by atoms with E-state index in [2.05, 4.69) is 15.9 Å². The zero-order valence-electron chi connectivity index (χ0n) is 10.7. The summed E-state index contributed by atoms with van der Waals surface area (Å²) < 4.78 is 19.1. The van der Waals surface area contributed by atoms with Crippen LogP contribution < -0.4 is 4.74 Å². The van der Waals surface area contributed by atoms with Gasteiger partial charge in [0.25, 0.3) is 0 Å². The first-order valence-corrected chi connectivity index (χ1v) is 7.14. The second kappa shape index (κ2) is 6.57. The normalized spacial score (nSPS) is 12.2. The average Bonchev–Trinajstić information content (AvgIpc) is 2.42. The minimum atomic E-state index is -0.829. The molecule has 5 heteroatoms. The summed E-state index contributed by atoms with van der Waals surface area (Å²) in [6.45, 7) is 0. The standard InChI is InChI=1S/C15H13BrClFO2/c1-20-15-5-3-11(17)6-10(15)8-14(19)9-2-4-12(16)13(18)7-9/h2-7,14,19H,8H2,1H3. The highest BCUT2D eigenvalue weighted by Gasteiger charge is 2.14. The van der Waals surface area contributed by atoms with E-state index in [4.69, 9.17) is 16.3 Å². The lowest BCUT2D eigenvalue weighted by atomic mass is 10.0. The number of benzene rings is 2. The summed E-state index contributed by atoms with van der Waals surface area (Å²) in [7, 11) is 1.55. The Balaban J connectivity index is 2.24. The molecule has 2 nitrogen and oxygen atoms in total. The van der Waals surface area contributed by atoms with Gasteiger partial charge in [-0.3, -0.25) is 0 Å². The van der Waals surface area contributed by atoms with Gasteiger partial charge in [-0.15, -0.1) is 0 Å². The Morgan fingerprint density at radius 1 is 1.30 bits per heavy atom. The predicted octanol–water partition coefficient (Wildman–Crippen LogP) is 4.53. The van der Waals surface area contributed by atoms with Crippen molar-refractivity contribution in [3.63, 3.8) is 0 Å². The van der Waals surface area contributed by atoms with Gasteiger partial charge >= 0.3 is 0 Å². The molecular weight excluding hydrogens is 347 g/mol. The van der Waals surface area contributed by atoms with Crippen LogP contribution in [0, 0.1) is 5.82 Å². The molecule has 2 aromatic rings. The van der Waals surface area contributed by atoms with Gasteiger partial charge < -0.3 is 9.84 Å². The van der Waals surface area contributed by atoms with Gasteiger partial charge in [0.1, 0.15) is 11.6 Å². The maximum atomic E-state index is 13.5. The molecule has 0 saturated carbocycles. The monoisotopic (exact) mass is 358 g/mol. The Morgan fingerprint density at radius 3 is 2.70 bits per heavy atom. The van der Waals surface area contributed by atoms with E-state index < -0.39 is 11.9 Å². The summed E-state index contributed by atoms with van der Waals surface area (Å²) in [4.78, 5) is 0. The van der Waals surface area contributed by atoms with Gasteiger partial charge in [-0.25, -0.2) is 4.39 Å². The van der Waals surface area contributed by atoms with Crippen LogP contribution in [0.4, 0.5) is 4.39 Å². The van der Waals surface area contributed by atoms with Crippen molar-refractivity contribution in [2.75, 3.05) is 7.11 Å². The number of halogens is 3. The summed E-state index contributed by atoms with van der Waals surface area (Å²) >= 11 is 9.03. The number of hydrogen-bond donors (Lipinski definition) is 1. The fourth-order valence-corrected chi connectivity index (χ4v) is 2.39. The predicted molar refractivity (Wildman–Crippen MR) is 80.8 cm³/mol. The van der Waals surface area contributed by atoms with Gasteiger partial charge in [-0.1, -0.05) is 17.7 Å². The van der Waals surface area contributed by atoms with Crippen molar-refractivity contribution < 1.29 is 14.2 Å². The smallest absolute Gasteiger partial charge is 0.137 e. The van der Waals surface area contributed by atoms with Crippen LogP contribution in [0.25, 0.3) is 0 Å². The van der Waals surface area contributed by atoms with Crippen molar-refractivity contribution in [1.82, 2.24) is 0 Å². The van der Waals surface area contributed by atoms with Gasteiger partial charge in [0.15, 0.2) is 0 Å². The van der Waals surface area contributed by atoms with E-state index in [9.17, 15) is 9.50 Å². The first kappa shape index (κ1) is 15.3. The molecule has 1 unspecified atom stereocenters. The van der Waals surface area contributed by atoms with Crippen LogP contribution in [0.5, 0.6) is 5.75 Å². The molecule has 20 heavy (non-hydrogen) atoms. The highest BCUT2D eigenvalue weighted by molar-refractivity contribution is 9.10. The molecule has 0 amide bonds. The Hall–Kier alpha value is -1.10. The average molecular weight is 360 g/mol. The zero-order chi connectivity index (χ0) is 14.7. The molecular formula is C15H13BrClFO2. The number of rotatable bonds is 4. The molecule has 0 fully saturated rings. The number of aliphatic hydroxyl groups is 1. The van der Waals surface area contributed by atoms with Gasteiger partial charge in [0.05, 0.1) is 17.7 Å². The van der Waals surface area contributed by atoms with Crippen molar-refractivity contribution >= 4 is 27.5 Å². The zero-order valence-corrected chi connectivity index (χ0v) is 13.1. The highest BCUT2D eigenvalue weighted by atomic mass is 79.9. The van der Waals surface area contributed by atoms with Gasteiger partial charge in [-0.2, -0.15) is 0 Å². The molecule has 0 aliphatic carbocycles. The number of aliphatic hydroxyl groups excluding tert-OH is 1. The van der Waals surface area contributed by atoms with Crippen molar-refractivity contribution in [3.05, 3.63) is 62.8 Å². The molecule has 0 aliphatic rings. The van der Waals surface area contributed by atoms with Crippen LogP contribution in [0.15, 0.2) is 40.9 Å². The van der Waals surface area contributed by atoms with Gasteiger partial charge in [0, 0.05) is 11.4 Å². The molecule has 2 rings (SSSR count). The second-order valence-corrected chi connectivity index (χ2v) is 5.64. The lowest BCUT2D eigenvalue weighted by Gasteiger charge is -2.14. The SMILES string of the molecule is COc1ccc(Cl)cc1CC(O)c1ccc(Br)c(F)c1. The first-order valence-electron chi connectivity index (χ1n) is 5.96. The van der Waals surface area contributed by atoms with E-state index in [1.165, 1.54) is 6.07 Å². The van der Waals surface area contributed by atoms with E-state index in [-0.39, 0.29) is 0 Å². The molecule has 1 N–H and O–H groups in total. The second-order valence-electron chi connectivity index (χ2n) is 4.35. The van der Waals surface area contributed by atoms with Crippen molar-refractivity contribution in [3.8, 4) is 5.75 Å². The first-order chi connectivity index (χ1) is 9.51. The van der Waals surface area contributed by atoms with Crippen LogP contribution in [-0.2, 0) is 6.42 Å². The number of ether oxygens (including phenoxy) is 1. The van der Waals surface area contributed by atoms with E-state index >= 15 is 0 Å². The third-order valence-corrected chi connectivity index (χ3v) is 3.86. The van der Waals surface area contributed by atoms with E-state index in [1.54, 1.807) is 37.4 Å². The van der Waals surface area contributed by atoms with Crippen LogP contribution in [-0.4, -0.2) is 12.2 Å². The summed E-state index contributed by atoms with van der Waals surface area (Å²) in [5.41, 5.74) is 1.28. The minimum absolute atomic E-state index is 0.296. The topological polar surface area (TPSA) is 29.5 Å². The van der Waals surface area contributed by atoms with E-state index in [1.807, 2.05) is 0 Å². The molecule has 0 radical (unpaired) electrons. The van der Waals surface area contributed by atoms with Gasteiger partial charge in [-0.05, 0) is 57.4 Å². The summed E-state index contributed by atoms with van der Waals surface area (Å²) in [6.07, 6.45) is -0.532. The molecule has 0 spiro atoms. The molecule has 1 atom stereocenters. The Labute approximate surface area is 130 Å². The molecule has 0 heterocycles. The largest absolute Gasteiger partial charge is 0.496 e. The van der Waals surface area contributed by atoms with Crippen LogP contribution in [0.3, 0.4) is 0 Å². The van der Waals surface area contributed by atoms with Gasteiger partial charge in [0.2, 0.25) is 0 Å². The third-order valence-electron chi connectivity index (χ3n) is 2.98. The third kappa shape index (κ3) is 3.51. The lowest BCUT2D eigenvalue weighted by Crippen LogP contribution is -2.04. The molecule has 0 saturated heterocycles. The summed E-state index contributed by atoms with van der Waals surface area (Å²) in [5.74, 6) is 0.241. The maximum Gasteiger partial charge on any atom is 0.137 e. The van der Waals surface area contributed by atoms with Crippen molar-refractivity contribution in [2.24, 2.45) is 0 Å². The lowest BCUT2D eigenvalue weighted by molar-refractivity contribution is 0.177. The summed E-state index contributed by atoms with van der Waals surface area (Å²) in [5, 5.41) is 10.8. The molecule has 0 aliphatic heterocycles.